The first-order valence-electron chi connectivity index (χ1n) is 5.74. The van der Waals surface area contributed by atoms with E-state index >= 15 is 0 Å². The first-order chi connectivity index (χ1) is 7.99. The number of hydrogen-bond donors (Lipinski definition) is 1. The summed E-state index contributed by atoms with van der Waals surface area (Å²) in [7, 11) is 0. The summed E-state index contributed by atoms with van der Waals surface area (Å²) in [5.41, 5.74) is 7.44. The number of hydrogen-bond acceptors (Lipinski definition) is 2. The van der Waals surface area contributed by atoms with Gasteiger partial charge >= 0.3 is 0 Å². The Morgan fingerprint density at radius 2 is 2.06 bits per heavy atom. The highest BCUT2D eigenvalue weighted by Gasteiger charge is 2.26. The molecule has 2 N–H and O–H groups in total. The third-order valence-corrected chi connectivity index (χ3v) is 3.13. The maximum atomic E-state index is 13.8. The molecule has 1 aromatic carbocycles. The van der Waals surface area contributed by atoms with Gasteiger partial charge in [-0.25, -0.2) is 4.39 Å². The van der Waals surface area contributed by atoms with Crippen LogP contribution in [0, 0.1) is 25.6 Å². The van der Waals surface area contributed by atoms with Crippen molar-refractivity contribution in [1.29, 1.82) is 0 Å². The minimum atomic E-state index is -0.429. The van der Waals surface area contributed by atoms with Crippen LogP contribution < -0.4 is 5.73 Å². The van der Waals surface area contributed by atoms with E-state index in [2.05, 4.69) is 0 Å². The van der Waals surface area contributed by atoms with E-state index < -0.39 is 5.82 Å². The van der Waals surface area contributed by atoms with Gasteiger partial charge < -0.3 is 5.73 Å². The summed E-state index contributed by atoms with van der Waals surface area (Å²) in [6, 6.07) is 3.14. The zero-order chi connectivity index (χ0) is 12.6. The summed E-state index contributed by atoms with van der Waals surface area (Å²) >= 11 is 0. The molecule has 90 valence electrons. The number of Topliss-reactive ketones (excluding diaryl/α,β-unsaturated/α-hetero) is 1. The van der Waals surface area contributed by atoms with Crippen molar-refractivity contribution >= 4 is 5.78 Å². The number of halogens is 1. The first-order valence-corrected chi connectivity index (χ1v) is 5.74. The Bertz CT molecular complexity index is 470. The maximum absolute atomic E-state index is 13.8. The van der Waals surface area contributed by atoms with Crippen LogP contribution in [0.15, 0.2) is 24.3 Å². The van der Waals surface area contributed by atoms with Crippen molar-refractivity contribution in [3.8, 4) is 0 Å². The maximum Gasteiger partial charge on any atom is 0.172 e. The van der Waals surface area contributed by atoms with Gasteiger partial charge in [0.2, 0.25) is 0 Å². The fourth-order valence-corrected chi connectivity index (χ4v) is 2.33. The highest BCUT2D eigenvalue weighted by Crippen LogP contribution is 2.25. The number of benzene rings is 1. The molecule has 2 unspecified atom stereocenters. The fourth-order valence-electron chi connectivity index (χ4n) is 2.33. The van der Waals surface area contributed by atoms with Crippen LogP contribution in [0.4, 0.5) is 4.39 Å². The molecule has 0 bridgehead atoms. The zero-order valence-electron chi connectivity index (χ0n) is 10.0. The van der Waals surface area contributed by atoms with Gasteiger partial charge in [-0.15, -0.1) is 0 Å². The molecule has 1 aliphatic carbocycles. The van der Waals surface area contributed by atoms with E-state index in [1.807, 2.05) is 19.1 Å². The number of nitrogens with two attached hydrogens (primary N) is 1. The number of carbonyl (C=O) groups is 1. The molecular weight excluding hydrogens is 217 g/mol. The van der Waals surface area contributed by atoms with E-state index in [1.54, 1.807) is 13.0 Å². The summed E-state index contributed by atoms with van der Waals surface area (Å²) in [5, 5.41) is 0. The number of aryl methyl sites for hydroxylation is 2. The third-order valence-electron chi connectivity index (χ3n) is 3.13. The number of ketones is 1. The molecule has 0 spiro atoms. The van der Waals surface area contributed by atoms with E-state index in [4.69, 9.17) is 5.73 Å². The standard InChI is InChI=1S/C14H16FNO/c1-8-5-9(2)13(12(15)6-8)14(17)10-3-4-11(16)7-10/h3-6,10-11H,7,16H2,1-2H3. The van der Waals surface area contributed by atoms with Crippen molar-refractivity contribution in [3.63, 3.8) is 0 Å². The van der Waals surface area contributed by atoms with Crippen LogP contribution in [0.5, 0.6) is 0 Å². The van der Waals surface area contributed by atoms with Gasteiger partial charge in [0, 0.05) is 12.0 Å². The first kappa shape index (κ1) is 12.0. The van der Waals surface area contributed by atoms with Crippen LogP contribution >= 0.6 is 0 Å². The largest absolute Gasteiger partial charge is 0.324 e. The van der Waals surface area contributed by atoms with Crippen LogP contribution in [0.25, 0.3) is 0 Å². The summed E-state index contributed by atoms with van der Waals surface area (Å²) in [6.07, 6.45) is 4.17. The summed E-state index contributed by atoms with van der Waals surface area (Å²) in [6.45, 7) is 3.58. The van der Waals surface area contributed by atoms with E-state index in [9.17, 15) is 9.18 Å². The highest BCUT2D eigenvalue weighted by molar-refractivity contribution is 6.00. The Kier molecular flexibility index (Phi) is 3.11. The molecule has 3 heteroatoms. The van der Waals surface area contributed by atoms with Gasteiger partial charge in [-0.2, -0.15) is 0 Å². The monoisotopic (exact) mass is 233 g/mol. The third kappa shape index (κ3) is 2.29. The second-order valence-corrected chi connectivity index (χ2v) is 4.69. The molecule has 0 saturated heterocycles. The SMILES string of the molecule is Cc1cc(C)c(C(=O)C2C=CC(N)C2)c(F)c1. The molecule has 2 rings (SSSR count). The Balaban J connectivity index is 2.35. The second-order valence-electron chi connectivity index (χ2n) is 4.69. The van der Waals surface area contributed by atoms with Crippen molar-refractivity contribution in [1.82, 2.24) is 0 Å². The number of allylic oxidation sites excluding steroid dienone is 1. The molecule has 0 radical (unpaired) electrons. The van der Waals surface area contributed by atoms with Crippen molar-refractivity contribution < 1.29 is 9.18 Å². The van der Waals surface area contributed by atoms with Gasteiger partial charge in [-0.3, -0.25) is 4.79 Å². The Morgan fingerprint density at radius 1 is 1.35 bits per heavy atom. The topological polar surface area (TPSA) is 43.1 Å². The molecular formula is C14H16FNO. The fraction of sp³-hybridized carbons (Fsp3) is 0.357. The van der Waals surface area contributed by atoms with Crippen LogP contribution in [0.3, 0.4) is 0 Å². The average Bonchev–Trinajstić information content (AvgIpc) is 2.63. The lowest BCUT2D eigenvalue weighted by Gasteiger charge is -2.12. The minimum absolute atomic E-state index is 0.0854. The van der Waals surface area contributed by atoms with Crippen LogP contribution in [-0.2, 0) is 0 Å². The lowest BCUT2D eigenvalue weighted by molar-refractivity contribution is 0.0938. The quantitative estimate of drug-likeness (QED) is 0.630. The van der Waals surface area contributed by atoms with Crippen LogP contribution in [0.2, 0.25) is 0 Å². The number of rotatable bonds is 2. The van der Waals surface area contributed by atoms with E-state index in [0.29, 0.717) is 12.0 Å². The molecule has 0 fully saturated rings. The van der Waals surface area contributed by atoms with Crippen molar-refractivity contribution in [3.05, 3.63) is 46.8 Å². The van der Waals surface area contributed by atoms with Crippen LogP contribution in [0.1, 0.15) is 27.9 Å². The minimum Gasteiger partial charge on any atom is -0.324 e. The van der Waals surface area contributed by atoms with Gasteiger partial charge in [-0.1, -0.05) is 18.2 Å². The molecule has 0 amide bonds. The molecule has 17 heavy (non-hydrogen) atoms. The molecule has 0 heterocycles. The lowest BCUT2D eigenvalue weighted by atomic mass is 9.92. The predicted molar refractivity (Wildman–Crippen MR) is 65.4 cm³/mol. The lowest BCUT2D eigenvalue weighted by Crippen LogP contribution is -2.20. The Labute approximate surface area is 100 Å². The smallest absolute Gasteiger partial charge is 0.172 e. The molecule has 2 atom stereocenters. The van der Waals surface area contributed by atoms with Gasteiger partial charge in [-0.05, 0) is 37.5 Å². The molecule has 0 saturated carbocycles. The Morgan fingerprint density at radius 3 is 2.59 bits per heavy atom. The molecule has 1 aliphatic rings. The van der Waals surface area contributed by atoms with Crippen molar-refractivity contribution in [2.45, 2.75) is 26.3 Å². The van der Waals surface area contributed by atoms with Crippen LogP contribution in [-0.4, -0.2) is 11.8 Å². The summed E-state index contributed by atoms with van der Waals surface area (Å²) in [4.78, 5) is 12.2. The summed E-state index contributed by atoms with van der Waals surface area (Å²) in [5.74, 6) is -0.869. The predicted octanol–water partition coefficient (Wildman–Crippen LogP) is 2.53. The van der Waals surface area contributed by atoms with E-state index in [1.165, 1.54) is 6.07 Å². The van der Waals surface area contributed by atoms with E-state index in [-0.39, 0.29) is 23.3 Å². The zero-order valence-corrected chi connectivity index (χ0v) is 10.0. The van der Waals surface area contributed by atoms with Gasteiger partial charge in [0.1, 0.15) is 5.82 Å². The molecule has 0 aliphatic heterocycles. The van der Waals surface area contributed by atoms with Crippen molar-refractivity contribution in [2.24, 2.45) is 11.7 Å². The number of carbonyl (C=O) groups excluding carboxylic acids is 1. The second kappa shape index (κ2) is 4.41. The molecule has 2 nitrogen and oxygen atoms in total. The van der Waals surface area contributed by atoms with Gasteiger partial charge in [0.05, 0.1) is 5.56 Å². The molecule has 0 aromatic heterocycles. The Hall–Kier alpha value is -1.48. The summed E-state index contributed by atoms with van der Waals surface area (Å²) < 4.78 is 13.8. The average molecular weight is 233 g/mol. The van der Waals surface area contributed by atoms with Gasteiger partial charge in [0.15, 0.2) is 5.78 Å². The van der Waals surface area contributed by atoms with E-state index in [0.717, 1.165) is 5.56 Å². The highest BCUT2D eigenvalue weighted by atomic mass is 19.1. The van der Waals surface area contributed by atoms with Crippen molar-refractivity contribution in [2.75, 3.05) is 0 Å². The van der Waals surface area contributed by atoms with Gasteiger partial charge in [0.25, 0.3) is 0 Å². The normalized spacial score (nSPS) is 23.1. The molecule has 1 aromatic rings.